The molecule has 7 heteroatoms. The number of nitrogens with zero attached hydrogens (tertiary/aromatic N) is 2. The zero-order chi connectivity index (χ0) is 15.9. The van der Waals surface area contributed by atoms with E-state index >= 15 is 0 Å². The predicted molar refractivity (Wildman–Crippen MR) is 81.4 cm³/mol. The molecule has 1 aromatic heterocycles. The molecule has 0 aliphatic carbocycles. The van der Waals surface area contributed by atoms with E-state index < -0.39 is 5.82 Å². The summed E-state index contributed by atoms with van der Waals surface area (Å²) in [6.07, 6.45) is 2.95. The predicted octanol–water partition coefficient (Wildman–Crippen LogP) is 2.63. The van der Waals surface area contributed by atoms with Crippen LogP contribution in [0, 0.1) is 5.82 Å². The van der Waals surface area contributed by atoms with E-state index in [4.69, 9.17) is 4.74 Å². The van der Waals surface area contributed by atoms with Crippen LogP contribution in [0.1, 0.15) is 13.8 Å². The largest absolute Gasteiger partial charge is 0.486 e. The Morgan fingerprint density at radius 2 is 2.23 bits per heavy atom. The van der Waals surface area contributed by atoms with E-state index in [-0.39, 0.29) is 24.4 Å². The van der Waals surface area contributed by atoms with Gasteiger partial charge in [0.25, 0.3) is 0 Å². The first kappa shape index (κ1) is 15.8. The summed E-state index contributed by atoms with van der Waals surface area (Å²) < 4.78 is 20.6. The molecule has 0 unspecified atom stereocenters. The van der Waals surface area contributed by atoms with Crippen LogP contribution in [0.2, 0.25) is 0 Å². The van der Waals surface area contributed by atoms with Gasteiger partial charge in [-0.1, -0.05) is 12.1 Å². The van der Waals surface area contributed by atoms with Crippen LogP contribution in [-0.4, -0.2) is 28.5 Å². The van der Waals surface area contributed by atoms with Gasteiger partial charge in [0.05, 0.1) is 18.4 Å². The third kappa shape index (κ3) is 4.47. The zero-order valence-electron chi connectivity index (χ0n) is 12.5. The topological polar surface area (TPSA) is 68.2 Å². The molecule has 2 aromatic rings. The van der Waals surface area contributed by atoms with E-state index in [0.29, 0.717) is 5.69 Å². The van der Waals surface area contributed by atoms with Gasteiger partial charge >= 0.3 is 6.03 Å². The van der Waals surface area contributed by atoms with Crippen LogP contribution in [0.5, 0.6) is 5.75 Å². The molecule has 1 heterocycles. The van der Waals surface area contributed by atoms with Crippen molar-refractivity contribution < 1.29 is 13.9 Å². The molecule has 2 amide bonds. The quantitative estimate of drug-likeness (QED) is 0.862. The number of anilines is 1. The molecule has 22 heavy (non-hydrogen) atoms. The van der Waals surface area contributed by atoms with Crippen molar-refractivity contribution in [3.05, 3.63) is 42.5 Å². The maximum absolute atomic E-state index is 13.4. The lowest BCUT2D eigenvalue weighted by Gasteiger charge is -2.15. The van der Waals surface area contributed by atoms with Crippen molar-refractivity contribution in [3.63, 3.8) is 0 Å². The average Bonchev–Trinajstić information content (AvgIpc) is 2.95. The van der Waals surface area contributed by atoms with Crippen molar-refractivity contribution in [2.75, 3.05) is 11.9 Å². The molecule has 2 rings (SSSR count). The Balaban J connectivity index is 1.77. The van der Waals surface area contributed by atoms with Crippen molar-refractivity contribution in [3.8, 4) is 5.75 Å². The van der Waals surface area contributed by atoms with E-state index in [0.717, 1.165) is 6.54 Å². The molecule has 0 bridgehead atoms. The molecular weight excluding hydrogens is 287 g/mol. The number of halogens is 1. The Hall–Kier alpha value is -2.57. The van der Waals surface area contributed by atoms with Crippen LogP contribution >= 0.6 is 0 Å². The monoisotopic (exact) mass is 306 g/mol. The van der Waals surface area contributed by atoms with Gasteiger partial charge in [-0.05, 0) is 26.0 Å². The molecule has 0 fully saturated rings. The molecule has 0 saturated heterocycles. The summed E-state index contributed by atoms with van der Waals surface area (Å²) in [6, 6.07) is 5.80. The van der Waals surface area contributed by atoms with Crippen molar-refractivity contribution in [2.45, 2.75) is 26.5 Å². The van der Waals surface area contributed by atoms with Crippen molar-refractivity contribution in [1.82, 2.24) is 15.1 Å². The average molecular weight is 306 g/mol. The van der Waals surface area contributed by atoms with Gasteiger partial charge in [0.15, 0.2) is 11.6 Å². The van der Waals surface area contributed by atoms with Gasteiger partial charge in [-0.25, -0.2) is 9.18 Å². The number of rotatable bonds is 6. The van der Waals surface area contributed by atoms with Gasteiger partial charge in [-0.15, -0.1) is 0 Å². The SMILES string of the molecule is CCn1cc(NC(=O)NC[C@H](C)Oc2ccccc2F)cn1. The Morgan fingerprint density at radius 3 is 2.91 bits per heavy atom. The van der Waals surface area contributed by atoms with Gasteiger partial charge < -0.3 is 15.4 Å². The van der Waals surface area contributed by atoms with Gasteiger partial charge in [0, 0.05) is 12.7 Å². The standard InChI is InChI=1S/C15H19FN4O2/c1-3-20-10-12(9-18-20)19-15(21)17-8-11(2)22-14-7-5-4-6-13(14)16/h4-7,9-11H,3,8H2,1-2H3,(H2,17,19,21)/t11-/m0/s1. The number of urea groups is 1. The fraction of sp³-hybridized carbons (Fsp3) is 0.333. The summed E-state index contributed by atoms with van der Waals surface area (Å²) in [6.45, 7) is 4.69. The number of nitrogens with one attached hydrogen (secondary N) is 2. The summed E-state index contributed by atoms with van der Waals surface area (Å²) in [4.78, 5) is 11.7. The fourth-order valence-corrected chi connectivity index (χ4v) is 1.81. The van der Waals surface area contributed by atoms with E-state index in [2.05, 4.69) is 15.7 Å². The Bertz CT molecular complexity index is 630. The van der Waals surface area contributed by atoms with Crippen molar-refractivity contribution in [2.24, 2.45) is 0 Å². The maximum Gasteiger partial charge on any atom is 0.319 e. The second-order valence-corrected chi connectivity index (χ2v) is 4.78. The van der Waals surface area contributed by atoms with E-state index in [9.17, 15) is 9.18 Å². The smallest absolute Gasteiger partial charge is 0.319 e. The first-order valence-corrected chi connectivity index (χ1v) is 7.07. The Labute approximate surface area is 128 Å². The van der Waals surface area contributed by atoms with Crippen molar-refractivity contribution >= 4 is 11.7 Å². The number of hydrogen-bond donors (Lipinski definition) is 2. The number of ether oxygens (including phenoxy) is 1. The number of aromatic nitrogens is 2. The van der Waals surface area contributed by atoms with Gasteiger partial charge in [-0.3, -0.25) is 4.68 Å². The van der Waals surface area contributed by atoms with Gasteiger partial charge in [-0.2, -0.15) is 5.10 Å². The second kappa shape index (κ2) is 7.44. The number of hydrogen-bond acceptors (Lipinski definition) is 3. The van der Waals surface area contributed by atoms with Crippen LogP contribution in [0.4, 0.5) is 14.9 Å². The highest BCUT2D eigenvalue weighted by Crippen LogP contribution is 2.16. The second-order valence-electron chi connectivity index (χ2n) is 4.78. The minimum atomic E-state index is -0.425. The highest BCUT2D eigenvalue weighted by Gasteiger charge is 2.10. The molecule has 0 aliphatic rings. The van der Waals surface area contributed by atoms with Crippen LogP contribution in [0.25, 0.3) is 0 Å². The number of aryl methyl sites for hydroxylation is 1. The lowest BCUT2D eigenvalue weighted by molar-refractivity contribution is 0.205. The molecule has 1 aromatic carbocycles. The van der Waals surface area contributed by atoms with Crippen LogP contribution < -0.4 is 15.4 Å². The molecule has 118 valence electrons. The van der Waals surface area contributed by atoms with Crippen LogP contribution in [-0.2, 0) is 6.54 Å². The third-order valence-corrected chi connectivity index (χ3v) is 2.93. The fourth-order valence-electron chi connectivity index (χ4n) is 1.81. The summed E-state index contributed by atoms with van der Waals surface area (Å²) in [5.74, 6) is -0.257. The highest BCUT2D eigenvalue weighted by atomic mass is 19.1. The zero-order valence-corrected chi connectivity index (χ0v) is 12.5. The number of amides is 2. The summed E-state index contributed by atoms with van der Waals surface area (Å²) in [5.41, 5.74) is 0.613. The molecule has 2 N–H and O–H groups in total. The summed E-state index contributed by atoms with van der Waals surface area (Å²) >= 11 is 0. The molecular formula is C15H19FN4O2. The minimum absolute atomic E-state index is 0.168. The number of benzene rings is 1. The molecule has 1 atom stereocenters. The normalized spacial score (nSPS) is 11.8. The first-order chi connectivity index (χ1) is 10.6. The molecule has 0 spiro atoms. The first-order valence-electron chi connectivity index (χ1n) is 7.07. The summed E-state index contributed by atoms with van der Waals surface area (Å²) in [5, 5.41) is 9.38. The lowest BCUT2D eigenvalue weighted by Crippen LogP contribution is -2.36. The number of carbonyl (C=O) groups is 1. The molecule has 0 aliphatic heterocycles. The summed E-state index contributed by atoms with van der Waals surface area (Å²) in [7, 11) is 0. The maximum atomic E-state index is 13.4. The minimum Gasteiger partial charge on any atom is -0.486 e. The highest BCUT2D eigenvalue weighted by molar-refractivity contribution is 5.88. The van der Waals surface area contributed by atoms with E-state index in [1.54, 1.807) is 42.2 Å². The molecule has 0 saturated carbocycles. The third-order valence-electron chi connectivity index (χ3n) is 2.93. The Kier molecular flexibility index (Phi) is 5.35. The Morgan fingerprint density at radius 1 is 1.45 bits per heavy atom. The molecule has 6 nitrogen and oxygen atoms in total. The van der Waals surface area contributed by atoms with E-state index in [1.165, 1.54) is 6.07 Å². The van der Waals surface area contributed by atoms with E-state index in [1.807, 2.05) is 6.92 Å². The number of para-hydroxylation sites is 1. The lowest BCUT2D eigenvalue weighted by atomic mass is 10.3. The van der Waals surface area contributed by atoms with Crippen LogP contribution in [0.15, 0.2) is 36.7 Å². The van der Waals surface area contributed by atoms with Crippen LogP contribution in [0.3, 0.4) is 0 Å². The number of carbonyl (C=O) groups excluding carboxylic acids is 1. The van der Waals surface area contributed by atoms with Gasteiger partial charge in [0.2, 0.25) is 0 Å². The van der Waals surface area contributed by atoms with Crippen molar-refractivity contribution in [1.29, 1.82) is 0 Å². The molecule has 0 radical (unpaired) electrons. The van der Waals surface area contributed by atoms with Gasteiger partial charge in [0.1, 0.15) is 6.10 Å².